The smallest absolute Gasteiger partial charge is 0.426 e. The normalized spacial score (nSPS) is 31.7. The molecule has 1 saturated heterocycles. The molecule has 4 unspecified atom stereocenters. The van der Waals surface area contributed by atoms with Crippen molar-refractivity contribution >= 4 is 5.97 Å². The van der Waals surface area contributed by atoms with E-state index < -0.39 is 78.8 Å². The first-order chi connectivity index (χ1) is 12.7. The van der Waals surface area contributed by atoms with Crippen LogP contribution in [0.25, 0.3) is 0 Å². The van der Waals surface area contributed by atoms with Crippen LogP contribution < -0.4 is 0 Å². The predicted molar refractivity (Wildman–Crippen MR) is 77.1 cm³/mol. The Morgan fingerprint density at radius 1 is 0.931 bits per heavy atom. The molecule has 0 aromatic heterocycles. The van der Waals surface area contributed by atoms with Crippen molar-refractivity contribution in [1.29, 1.82) is 0 Å². The molecule has 0 aromatic carbocycles. The topological polar surface area (TPSA) is 66.8 Å². The van der Waals surface area contributed by atoms with Crippen LogP contribution in [0.1, 0.15) is 32.6 Å². The summed E-state index contributed by atoms with van der Waals surface area (Å²) in [6.45, 7) is 3.45. The van der Waals surface area contributed by atoms with Gasteiger partial charge in [-0.2, -0.15) is 39.5 Å². The van der Waals surface area contributed by atoms with Crippen molar-refractivity contribution in [3.05, 3.63) is 12.2 Å². The number of hydrogen-bond donors (Lipinski definition) is 2. The minimum absolute atomic E-state index is 0.208. The van der Waals surface area contributed by atoms with Crippen LogP contribution >= 0.6 is 0 Å². The summed E-state index contributed by atoms with van der Waals surface area (Å²) in [6, 6.07) is 0. The summed E-state index contributed by atoms with van der Waals surface area (Å²) < 4.78 is 124. The molecule has 4 atom stereocenters. The van der Waals surface area contributed by atoms with E-state index in [1.54, 1.807) is 0 Å². The number of hydrogen-bond acceptors (Lipinski definition) is 4. The van der Waals surface area contributed by atoms with Crippen LogP contribution in [0.4, 0.5) is 39.5 Å². The van der Waals surface area contributed by atoms with E-state index in [1.165, 1.54) is 0 Å². The van der Waals surface area contributed by atoms with Gasteiger partial charge >= 0.3 is 24.5 Å². The molecule has 1 spiro atoms. The molecule has 2 N–H and O–H groups in total. The Morgan fingerprint density at radius 2 is 1.38 bits per heavy atom. The molecule has 1 aliphatic heterocycles. The zero-order valence-corrected chi connectivity index (χ0v) is 14.8. The monoisotopic (exact) mass is 444 g/mol. The molecule has 0 amide bonds. The van der Waals surface area contributed by atoms with Gasteiger partial charge in [0.15, 0.2) is 5.60 Å². The quantitative estimate of drug-likeness (QED) is 0.386. The second-order valence-corrected chi connectivity index (χ2v) is 7.80. The van der Waals surface area contributed by atoms with Crippen molar-refractivity contribution in [2.24, 2.45) is 11.8 Å². The average Bonchev–Trinajstić information content (AvgIpc) is 2.75. The van der Waals surface area contributed by atoms with E-state index in [0.29, 0.717) is 0 Å². The first kappa shape index (κ1) is 23.8. The van der Waals surface area contributed by atoms with E-state index in [-0.39, 0.29) is 12.5 Å². The zero-order valence-electron chi connectivity index (χ0n) is 14.8. The fraction of sp³-hybridized carbons (Fsp3) is 0.812. The van der Waals surface area contributed by atoms with E-state index >= 15 is 0 Å². The summed E-state index contributed by atoms with van der Waals surface area (Å²) >= 11 is 0. The molecule has 0 radical (unpaired) electrons. The van der Waals surface area contributed by atoms with E-state index in [0.717, 1.165) is 0 Å². The van der Waals surface area contributed by atoms with Gasteiger partial charge in [-0.05, 0) is 26.2 Å². The molecule has 1 saturated carbocycles. The minimum atomic E-state index is -6.29. The lowest BCUT2D eigenvalue weighted by molar-refractivity contribution is -0.393. The highest BCUT2D eigenvalue weighted by atomic mass is 19.4. The van der Waals surface area contributed by atoms with Crippen molar-refractivity contribution in [3.8, 4) is 0 Å². The molecule has 2 aliphatic rings. The van der Waals surface area contributed by atoms with Crippen molar-refractivity contribution in [3.63, 3.8) is 0 Å². The Morgan fingerprint density at radius 3 is 1.72 bits per heavy atom. The molecule has 0 bridgehead atoms. The SMILES string of the molecule is C=C1CC2(CC(C(C)(O)C(F)(F)F)CC(C(O)(C(F)(F)F)C(F)(F)F)C2)OC1=O. The van der Waals surface area contributed by atoms with Gasteiger partial charge in [-0.15, -0.1) is 0 Å². The Bertz CT molecular complexity index is 660. The standard InChI is InChI=1S/C16H17F9O4/c1-7-4-12(29-10(7)26)5-8(11(2,27)14(17,18)19)3-9(6-12)13(28,15(20,21)22)16(23,24)25/h8-9,27-28H,1,3-6H2,2H3. The maximum Gasteiger partial charge on any atom is 0.426 e. The van der Waals surface area contributed by atoms with Crippen LogP contribution in [-0.2, 0) is 9.53 Å². The lowest BCUT2D eigenvalue weighted by atomic mass is 9.61. The molecular formula is C16H17F9O4. The molecular weight excluding hydrogens is 427 g/mol. The van der Waals surface area contributed by atoms with Crippen LogP contribution in [0.2, 0.25) is 0 Å². The van der Waals surface area contributed by atoms with Gasteiger partial charge in [0.05, 0.1) is 0 Å². The number of ether oxygens (including phenoxy) is 1. The predicted octanol–water partition coefficient (Wildman–Crippen LogP) is 3.81. The van der Waals surface area contributed by atoms with Gasteiger partial charge in [0.1, 0.15) is 5.60 Å². The van der Waals surface area contributed by atoms with E-state index in [4.69, 9.17) is 4.74 Å². The fourth-order valence-electron chi connectivity index (χ4n) is 4.09. The first-order valence-corrected chi connectivity index (χ1v) is 8.24. The number of halogens is 9. The number of rotatable bonds is 2. The number of carbonyl (C=O) groups excluding carboxylic acids is 1. The Labute approximate surface area is 158 Å². The largest absolute Gasteiger partial charge is 0.455 e. The summed E-state index contributed by atoms with van der Waals surface area (Å²) in [4.78, 5) is 11.6. The molecule has 168 valence electrons. The summed E-state index contributed by atoms with van der Waals surface area (Å²) in [5.74, 6) is -6.27. The summed E-state index contributed by atoms with van der Waals surface area (Å²) in [7, 11) is 0. The van der Waals surface area contributed by atoms with Crippen molar-refractivity contribution in [2.75, 3.05) is 0 Å². The van der Waals surface area contributed by atoms with Crippen LogP contribution in [0.3, 0.4) is 0 Å². The lowest BCUT2D eigenvalue weighted by Gasteiger charge is -2.50. The maximum atomic E-state index is 13.3. The maximum absolute atomic E-state index is 13.3. The van der Waals surface area contributed by atoms with Gasteiger partial charge in [-0.1, -0.05) is 6.58 Å². The number of carbonyl (C=O) groups is 1. The number of esters is 1. The first-order valence-electron chi connectivity index (χ1n) is 8.24. The molecule has 1 aliphatic carbocycles. The van der Waals surface area contributed by atoms with Crippen molar-refractivity contribution < 1.29 is 59.3 Å². The van der Waals surface area contributed by atoms with Crippen LogP contribution in [-0.4, -0.2) is 51.5 Å². The molecule has 0 aromatic rings. The summed E-state index contributed by atoms with van der Waals surface area (Å²) in [5, 5.41) is 19.6. The molecule has 4 nitrogen and oxygen atoms in total. The Hall–Kier alpha value is -1.50. The van der Waals surface area contributed by atoms with Gasteiger partial charge in [-0.3, -0.25) is 0 Å². The van der Waals surface area contributed by atoms with Gasteiger partial charge in [0, 0.05) is 23.8 Å². The van der Waals surface area contributed by atoms with Crippen LogP contribution in [0.15, 0.2) is 12.2 Å². The Kier molecular flexibility index (Phi) is 5.33. The zero-order chi connectivity index (χ0) is 22.8. The lowest BCUT2D eigenvalue weighted by Crippen LogP contribution is -2.65. The van der Waals surface area contributed by atoms with E-state index in [1.807, 2.05) is 0 Å². The molecule has 13 heteroatoms. The summed E-state index contributed by atoms with van der Waals surface area (Å²) in [6.07, 6.45) is -22.1. The molecule has 1 heterocycles. The number of aliphatic hydroxyl groups is 2. The highest BCUT2D eigenvalue weighted by Gasteiger charge is 2.76. The van der Waals surface area contributed by atoms with E-state index in [2.05, 4.69) is 6.58 Å². The van der Waals surface area contributed by atoms with Crippen molar-refractivity contribution in [1.82, 2.24) is 0 Å². The summed E-state index contributed by atoms with van der Waals surface area (Å²) in [5.41, 5.74) is -11.6. The average molecular weight is 444 g/mol. The highest BCUT2D eigenvalue weighted by molar-refractivity contribution is 5.90. The van der Waals surface area contributed by atoms with Crippen molar-refractivity contribution in [2.45, 2.75) is 67.9 Å². The molecule has 29 heavy (non-hydrogen) atoms. The number of alkyl halides is 9. The van der Waals surface area contributed by atoms with Crippen LogP contribution in [0, 0.1) is 11.8 Å². The third-order valence-corrected chi connectivity index (χ3v) is 5.76. The van der Waals surface area contributed by atoms with Gasteiger partial charge in [0.2, 0.25) is 0 Å². The molecule has 2 fully saturated rings. The molecule has 2 rings (SSSR count). The third kappa shape index (κ3) is 3.71. The second kappa shape index (κ2) is 6.50. The fourth-order valence-corrected chi connectivity index (χ4v) is 4.09. The third-order valence-electron chi connectivity index (χ3n) is 5.76. The second-order valence-electron chi connectivity index (χ2n) is 7.80. The van der Waals surface area contributed by atoms with Crippen LogP contribution in [0.5, 0.6) is 0 Å². The highest BCUT2D eigenvalue weighted by Crippen LogP contribution is 2.59. The minimum Gasteiger partial charge on any atom is -0.455 e. The van der Waals surface area contributed by atoms with E-state index in [9.17, 15) is 54.5 Å². The van der Waals surface area contributed by atoms with Gasteiger partial charge < -0.3 is 14.9 Å². The van der Waals surface area contributed by atoms with Gasteiger partial charge in [0.25, 0.3) is 5.60 Å². The Balaban J connectivity index is 2.61. The van der Waals surface area contributed by atoms with Gasteiger partial charge in [-0.25, -0.2) is 4.79 Å².